The molecule has 0 saturated carbocycles. The number of carboxylic acid groups (broad SMARTS) is 2. The molecule has 0 heterocycles. The molecule has 0 spiro atoms. The Hall–Kier alpha value is -1.52. The second-order valence-electron chi connectivity index (χ2n) is 1.74. The van der Waals surface area contributed by atoms with Crippen LogP contribution in [-0.4, -0.2) is 22.2 Å². The van der Waals surface area contributed by atoms with Gasteiger partial charge in [0.15, 0.2) is 0 Å². The average Bonchev–Trinajstić information content (AvgIpc) is 1.54. The molecule has 0 aliphatic carbocycles. The predicted octanol–water partition coefficient (Wildman–Crippen LogP) is 0.0621. The van der Waals surface area contributed by atoms with Crippen LogP contribution in [0.15, 0.2) is 12.3 Å². The molecule has 2 N–H and O–H groups in total. The lowest BCUT2D eigenvalue weighted by Crippen LogP contribution is -1.92. The molecule has 0 fully saturated rings. The van der Waals surface area contributed by atoms with Crippen LogP contribution in [0.4, 0.5) is 0 Å². The summed E-state index contributed by atoms with van der Waals surface area (Å²) in [5.41, 5.74) is 0. The first-order valence-corrected chi connectivity index (χ1v) is 2.91. The molecule has 0 unspecified atom stereocenters. The third-order valence-electron chi connectivity index (χ3n) is 0. The SMILES string of the molecule is C=C(C)[O-].CC(=O)O.CC(=O)O. The minimum Gasteiger partial charge on any atom is -0.876 e. The monoisotopic (exact) mass is 177 g/mol. The van der Waals surface area contributed by atoms with Gasteiger partial charge in [0, 0.05) is 13.8 Å². The minimum atomic E-state index is -0.833. The van der Waals surface area contributed by atoms with E-state index in [4.69, 9.17) is 19.8 Å². The normalized spacial score (nSPS) is 6.25. The first-order chi connectivity index (χ1) is 5.20. The van der Waals surface area contributed by atoms with E-state index in [2.05, 4.69) is 6.58 Å². The molecular weight excluding hydrogens is 164 g/mol. The Balaban J connectivity index is -0.000000101. The van der Waals surface area contributed by atoms with Crippen molar-refractivity contribution in [3.63, 3.8) is 0 Å². The number of carboxylic acids is 2. The third kappa shape index (κ3) is 205. The molecule has 0 atom stereocenters. The molecule has 72 valence electrons. The molecule has 0 aromatic rings. The van der Waals surface area contributed by atoms with Crippen molar-refractivity contribution in [3.05, 3.63) is 12.3 Å². The van der Waals surface area contributed by atoms with E-state index in [-0.39, 0.29) is 5.76 Å². The second-order valence-corrected chi connectivity index (χ2v) is 1.74. The van der Waals surface area contributed by atoms with E-state index in [0.29, 0.717) is 0 Å². The van der Waals surface area contributed by atoms with E-state index in [1.54, 1.807) is 0 Å². The number of aliphatic carboxylic acids is 2. The molecule has 0 aliphatic heterocycles. The Morgan fingerprint density at radius 3 is 1.08 bits per heavy atom. The van der Waals surface area contributed by atoms with Crippen molar-refractivity contribution in [3.8, 4) is 0 Å². The Kier molecular flexibility index (Phi) is 17.1. The summed E-state index contributed by atoms with van der Waals surface area (Å²) >= 11 is 0. The maximum Gasteiger partial charge on any atom is 0.300 e. The molecule has 0 bridgehead atoms. The lowest BCUT2D eigenvalue weighted by molar-refractivity contribution is -0.300. The summed E-state index contributed by atoms with van der Waals surface area (Å²) < 4.78 is 0. The van der Waals surface area contributed by atoms with Crippen LogP contribution in [-0.2, 0) is 9.59 Å². The van der Waals surface area contributed by atoms with E-state index >= 15 is 0 Å². The summed E-state index contributed by atoms with van der Waals surface area (Å²) in [6.07, 6.45) is 0. The quantitative estimate of drug-likeness (QED) is 0.510. The van der Waals surface area contributed by atoms with Gasteiger partial charge in [-0.3, -0.25) is 9.59 Å². The van der Waals surface area contributed by atoms with Crippen molar-refractivity contribution in [1.82, 2.24) is 0 Å². The fourth-order valence-corrected chi connectivity index (χ4v) is 0. The van der Waals surface area contributed by atoms with Crippen LogP contribution in [0.2, 0.25) is 0 Å². The highest BCUT2D eigenvalue weighted by Gasteiger charge is 1.65. The molecule has 5 heteroatoms. The first-order valence-electron chi connectivity index (χ1n) is 2.91. The minimum absolute atomic E-state index is 0.0833. The molecule has 0 amide bonds. The highest BCUT2D eigenvalue weighted by atomic mass is 16.4. The van der Waals surface area contributed by atoms with Gasteiger partial charge in [-0.25, -0.2) is 0 Å². The first kappa shape index (κ1) is 16.8. The van der Waals surface area contributed by atoms with Crippen LogP contribution in [0.25, 0.3) is 0 Å². The lowest BCUT2D eigenvalue weighted by Gasteiger charge is -1.92. The molecule has 0 saturated heterocycles. The van der Waals surface area contributed by atoms with Crippen molar-refractivity contribution in [2.45, 2.75) is 20.8 Å². The molecule has 0 rings (SSSR count). The standard InChI is InChI=1S/C3H6O.2C2H4O2/c1-3(2)4;2*1-2(3)4/h4H,1H2,2H3;2*1H3,(H,3,4)/p-1. The number of hydrogen-bond donors (Lipinski definition) is 2. The Bertz CT molecular complexity index is 109. The Morgan fingerprint density at radius 2 is 1.08 bits per heavy atom. The lowest BCUT2D eigenvalue weighted by atomic mass is 10.7. The Labute approximate surface area is 71.0 Å². The van der Waals surface area contributed by atoms with E-state index in [1.807, 2.05) is 0 Å². The molecule has 0 aliphatic rings. The number of rotatable bonds is 0. The predicted molar refractivity (Wildman–Crippen MR) is 41.4 cm³/mol. The third-order valence-corrected chi connectivity index (χ3v) is 0. The van der Waals surface area contributed by atoms with Gasteiger partial charge in [-0.05, 0) is 0 Å². The molecule has 0 radical (unpaired) electrons. The molecule has 0 aromatic carbocycles. The highest BCUT2D eigenvalue weighted by Crippen LogP contribution is 1.57. The van der Waals surface area contributed by atoms with Crippen molar-refractivity contribution in [2.75, 3.05) is 0 Å². The summed E-state index contributed by atoms with van der Waals surface area (Å²) in [6.45, 7) is 6.58. The summed E-state index contributed by atoms with van der Waals surface area (Å²) in [6, 6.07) is 0. The topological polar surface area (TPSA) is 97.7 Å². The zero-order valence-corrected chi connectivity index (χ0v) is 7.33. The van der Waals surface area contributed by atoms with Gasteiger partial charge in [-0.1, -0.05) is 6.92 Å². The van der Waals surface area contributed by atoms with Gasteiger partial charge in [-0.15, -0.1) is 12.3 Å². The number of allylic oxidation sites excluding steroid dienone is 1. The van der Waals surface area contributed by atoms with E-state index in [1.165, 1.54) is 6.92 Å². The van der Waals surface area contributed by atoms with Gasteiger partial charge in [0.1, 0.15) is 0 Å². The smallest absolute Gasteiger partial charge is 0.300 e. The van der Waals surface area contributed by atoms with Gasteiger partial charge in [0.2, 0.25) is 0 Å². The number of hydrogen-bond acceptors (Lipinski definition) is 3. The van der Waals surface area contributed by atoms with E-state index < -0.39 is 11.9 Å². The van der Waals surface area contributed by atoms with Crippen LogP contribution in [0.5, 0.6) is 0 Å². The fraction of sp³-hybridized carbons (Fsp3) is 0.429. The Morgan fingerprint density at radius 1 is 1.08 bits per heavy atom. The van der Waals surface area contributed by atoms with Gasteiger partial charge in [0.25, 0.3) is 11.9 Å². The summed E-state index contributed by atoms with van der Waals surface area (Å²) in [5, 5.41) is 24.2. The van der Waals surface area contributed by atoms with E-state index in [9.17, 15) is 5.11 Å². The summed E-state index contributed by atoms with van der Waals surface area (Å²) in [7, 11) is 0. The molecule has 0 aromatic heterocycles. The van der Waals surface area contributed by atoms with Crippen molar-refractivity contribution in [2.24, 2.45) is 0 Å². The van der Waals surface area contributed by atoms with Gasteiger partial charge in [-0.2, -0.15) is 0 Å². The van der Waals surface area contributed by atoms with Crippen LogP contribution >= 0.6 is 0 Å². The molecule has 5 nitrogen and oxygen atoms in total. The van der Waals surface area contributed by atoms with Crippen LogP contribution in [0.1, 0.15) is 20.8 Å². The average molecular weight is 177 g/mol. The van der Waals surface area contributed by atoms with Gasteiger partial charge >= 0.3 is 0 Å². The maximum atomic E-state index is 9.33. The van der Waals surface area contributed by atoms with Crippen molar-refractivity contribution in [1.29, 1.82) is 0 Å². The van der Waals surface area contributed by atoms with Crippen LogP contribution in [0, 0.1) is 0 Å². The summed E-state index contributed by atoms with van der Waals surface area (Å²) in [4.78, 5) is 18.0. The molecular formula is C7H13O5-. The highest BCUT2D eigenvalue weighted by molar-refractivity contribution is 5.63. The van der Waals surface area contributed by atoms with Gasteiger partial charge in [0.05, 0.1) is 0 Å². The van der Waals surface area contributed by atoms with Crippen molar-refractivity contribution < 1.29 is 24.9 Å². The largest absolute Gasteiger partial charge is 0.876 e. The maximum absolute atomic E-state index is 9.33. The summed E-state index contributed by atoms with van der Waals surface area (Å²) in [5.74, 6) is -1.75. The van der Waals surface area contributed by atoms with Crippen molar-refractivity contribution >= 4 is 11.9 Å². The fourth-order valence-electron chi connectivity index (χ4n) is 0. The zero-order valence-electron chi connectivity index (χ0n) is 7.33. The molecule has 12 heavy (non-hydrogen) atoms. The zero-order chi connectivity index (χ0) is 10.7. The van der Waals surface area contributed by atoms with E-state index in [0.717, 1.165) is 13.8 Å². The van der Waals surface area contributed by atoms with Crippen LogP contribution in [0.3, 0.4) is 0 Å². The second kappa shape index (κ2) is 12.2. The van der Waals surface area contributed by atoms with Gasteiger partial charge < -0.3 is 15.3 Å². The number of carbonyl (C=O) groups is 2. The van der Waals surface area contributed by atoms with Crippen LogP contribution < -0.4 is 5.11 Å².